The molecule has 1 atom stereocenters. The van der Waals surface area contributed by atoms with Gasteiger partial charge in [-0.05, 0) is 70.8 Å². The molecule has 0 bridgehead atoms. The quantitative estimate of drug-likeness (QED) is 0.165. The van der Waals surface area contributed by atoms with Crippen LogP contribution in [0.4, 0.5) is 0 Å². The third-order valence-corrected chi connectivity index (χ3v) is 11.3. The van der Waals surface area contributed by atoms with Crippen molar-refractivity contribution < 1.29 is 30.3 Å². The monoisotopic (exact) mass is 937 g/mol. The van der Waals surface area contributed by atoms with E-state index in [4.69, 9.17) is 4.11 Å². The van der Waals surface area contributed by atoms with Crippen LogP contribution >= 0.6 is 0 Å². The van der Waals surface area contributed by atoms with Crippen LogP contribution in [0.2, 0.25) is 0 Å². The zero-order valence-electron chi connectivity index (χ0n) is 37.5. The molecule has 8 rings (SSSR count). The van der Waals surface area contributed by atoms with Gasteiger partial charge in [0.25, 0.3) is 0 Å². The van der Waals surface area contributed by atoms with Crippen molar-refractivity contribution in [1.29, 1.82) is 0 Å². The number of hydrogen-bond donors (Lipinski definition) is 1. The van der Waals surface area contributed by atoms with Crippen molar-refractivity contribution in [2.45, 2.75) is 79.0 Å². The molecule has 0 spiro atoms. The number of aromatic hydroxyl groups is 1. The molecule has 1 aliphatic carbocycles. The molecule has 58 heavy (non-hydrogen) atoms. The van der Waals surface area contributed by atoms with Crippen LogP contribution in [-0.4, -0.2) is 5.11 Å². The summed E-state index contributed by atoms with van der Waals surface area (Å²) in [5.74, 6) is 0.0744. The molecule has 0 fully saturated rings. The van der Waals surface area contributed by atoms with Gasteiger partial charge >= 0.3 is 0 Å². The number of phenols is 1. The van der Waals surface area contributed by atoms with E-state index in [1.807, 2.05) is 37.3 Å². The molecule has 0 aromatic heterocycles. The first-order valence-electron chi connectivity index (χ1n) is 21.4. The number of benzene rings is 7. The number of aryl methyl sites for hydroxylation is 3. The Balaban J connectivity index is 0.00000561. The van der Waals surface area contributed by atoms with Crippen LogP contribution in [0.3, 0.4) is 0 Å². The van der Waals surface area contributed by atoms with Crippen molar-refractivity contribution in [2.24, 2.45) is 0 Å². The molecule has 0 aliphatic heterocycles. The molecule has 1 aliphatic rings. The summed E-state index contributed by atoms with van der Waals surface area (Å²) in [5.41, 5.74) is 17.5. The molecule has 294 valence electrons. The SMILES string of the molecule is [2H]C([2H])([2H])c1ccc(-c2cc[c-]c(-c3[c-]c(-c4cccc5c4[C-]=C(c4cc(C)cc(C)c4O)C5c4ccc(C(C)(C)C)cc4-c4ccccc4)cc(C(C)(C)C)c3)c2)cc1.[Pt]. The van der Waals surface area contributed by atoms with Crippen molar-refractivity contribution >= 4 is 5.57 Å². The molecule has 1 nitrogen and oxygen atoms in total. The standard InChI is InChI=1S/C56H51O.Pt/c1-35-21-23-38(24-22-35)40-17-13-18-41(29-40)42-30-43(32-45(31-42)56(7,8)9)46-19-14-20-47-50(46)34-51(52-28-36(2)27-37(3)54(52)57)53(47)48-26-25-44(55(4,5)6)33-49(48)39-15-11-10-12-16-39;/h10-17,19-29,31-33,53,57H,1-9H3;/q-3;/i1D3;. The Labute approximate surface area is 365 Å². The van der Waals surface area contributed by atoms with Crippen molar-refractivity contribution in [1.82, 2.24) is 0 Å². The Morgan fingerprint density at radius 2 is 1.29 bits per heavy atom. The minimum atomic E-state index is -2.15. The Morgan fingerprint density at radius 3 is 2.00 bits per heavy atom. The summed E-state index contributed by atoms with van der Waals surface area (Å²) in [5, 5.41) is 11.8. The van der Waals surface area contributed by atoms with Crippen molar-refractivity contribution in [2.75, 3.05) is 0 Å². The normalized spacial score (nSPS) is 14.8. The number of rotatable bonds is 6. The second-order valence-corrected chi connectivity index (χ2v) is 17.7. The van der Waals surface area contributed by atoms with Gasteiger partial charge in [-0.15, -0.1) is 63.2 Å². The summed E-state index contributed by atoms with van der Waals surface area (Å²) in [4.78, 5) is 0. The second kappa shape index (κ2) is 15.8. The van der Waals surface area contributed by atoms with E-state index in [2.05, 4.69) is 158 Å². The Morgan fingerprint density at radius 1 is 0.569 bits per heavy atom. The zero-order chi connectivity index (χ0) is 42.7. The number of fused-ring (bicyclic) bond motifs is 1. The molecule has 0 heterocycles. The summed E-state index contributed by atoms with van der Waals surface area (Å²) in [6, 6.07) is 53.1. The molecule has 1 unspecified atom stereocenters. The Kier molecular flexibility index (Phi) is 10.1. The van der Waals surface area contributed by atoms with Crippen LogP contribution in [0.15, 0.2) is 133 Å². The molecule has 0 saturated carbocycles. The summed E-state index contributed by atoms with van der Waals surface area (Å²) in [6.07, 6.45) is 3.94. The van der Waals surface area contributed by atoms with Crippen molar-refractivity contribution in [3.05, 3.63) is 202 Å². The van der Waals surface area contributed by atoms with Gasteiger partial charge in [0.05, 0.1) is 5.75 Å². The van der Waals surface area contributed by atoms with Gasteiger partial charge in [-0.25, -0.2) is 5.56 Å². The first-order valence-corrected chi connectivity index (χ1v) is 19.9. The van der Waals surface area contributed by atoms with Gasteiger partial charge in [0, 0.05) is 25.2 Å². The third kappa shape index (κ3) is 7.95. The molecule has 2 heteroatoms. The smallest absolute Gasteiger partial charge is 0.0854 e. The molecule has 7 aromatic carbocycles. The maximum atomic E-state index is 11.8. The van der Waals surface area contributed by atoms with Crippen LogP contribution < -0.4 is 0 Å². The Hall–Kier alpha value is -5.23. The van der Waals surface area contributed by atoms with Gasteiger partial charge < -0.3 is 5.11 Å². The first-order chi connectivity index (χ1) is 28.4. The molecule has 0 saturated heterocycles. The van der Waals surface area contributed by atoms with E-state index in [1.165, 1.54) is 16.7 Å². The van der Waals surface area contributed by atoms with Crippen LogP contribution in [-0.2, 0) is 31.9 Å². The zero-order valence-corrected chi connectivity index (χ0v) is 36.8. The number of allylic oxidation sites excluding steroid dienone is 1. The first kappa shape index (κ1) is 37.1. The van der Waals surface area contributed by atoms with Gasteiger partial charge in [0.1, 0.15) is 0 Å². The maximum Gasteiger partial charge on any atom is 0.0854 e. The summed E-state index contributed by atoms with van der Waals surface area (Å²) >= 11 is 0. The van der Waals surface area contributed by atoms with Gasteiger partial charge in [-0.3, -0.25) is 0 Å². The summed E-state index contributed by atoms with van der Waals surface area (Å²) in [6.45, 7) is 15.3. The minimum Gasteiger partial charge on any atom is -0.517 e. The van der Waals surface area contributed by atoms with Crippen molar-refractivity contribution in [3.63, 3.8) is 0 Å². The average Bonchev–Trinajstić information content (AvgIpc) is 3.60. The van der Waals surface area contributed by atoms with Gasteiger partial charge in [0.2, 0.25) is 0 Å². The predicted octanol–water partition coefficient (Wildman–Crippen LogP) is 14.6. The van der Waals surface area contributed by atoms with Gasteiger partial charge in [0.15, 0.2) is 0 Å². The predicted molar refractivity (Wildman–Crippen MR) is 240 cm³/mol. The number of phenolic OH excluding ortho intramolecular Hbond substituents is 1. The molecule has 1 N–H and O–H groups in total. The van der Waals surface area contributed by atoms with E-state index in [0.717, 1.165) is 77.9 Å². The fourth-order valence-corrected chi connectivity index (χ4v) is 8.15. The topological polar surface area (TPSA) is 20.2 Å². The van der Waals surface area contributed by atoms with Crippen LogP contribution in [0.5, 0.6) is 5.75 Å². The second-order valence-electron chi connectivity index (χ2n) is 17.7. The summed E-state index contributed by atoms with van der Waals surface area (Å²) < 4.78 is 23.5. The molecular weight excluding hydrogens is 884 g/mol. The van der Waals surface area contributed by atoms with Crippen LogP contribution in [0.1, 0.15) is 102 Å². The van der Waals surface area contributed by atoms with E-state index < -0.39 is 6.85 Å². The molecule has 0 amide bonds. The largest absolute Gasteiger partial charge is 0.517 e. The Bertz CT molecular complexity index is 2780. The third-order valence-electron chi connectivity index (χ3n) is 11.3. The summed E-state index contributed by atoms with van der Waals surface area (Å²) in [7, 11) is 0. The van der Waals surface area contributed by atoms with E-state index >= 15 is 0 Å². The minimum absolute atomic E-state index is 0. The van der Waals surface area contributed by atoms with Crippen LogP contribution in [0.25, 0.3) is 50.1 Å². The van der Waals surface area contributed by atoms with Gasteiger partial charge in [-0.2, -0.15) is 35.9 Å². The van der Waals surface area contributed by atoms with E-state index in [0.29, 0.717) is 5.56 Å². The molecular formula is C56H51OPt-3. The fourth-order valence-electron chi connectivity index (χ4n) is 8.15. The van der Waals surface area contributed by atoms with E-state index in [-0.39, 0.29) is 43.6 Å². The van der Waals surface area contributed by atoms with Crippen LogP contribution in [0, 0.1) is 38.9 Å². The fraction of sp³-hybridized carbons (Fsp3) is 0.214. The molecule has 0 radical (unpaired) electrons. The number of hydrogen-bond acceptors (Lipinski definition) is 1. The van der Waals surface area contributed by atoms with Gasteiger partial charge in [-0.1, -0.05) is 155 Å². The maximum absolute atomic E-state index is 11.8. The van der Waals surface area contributed by atoms with Crippen molar-refractivity contribution in [3.8, 4) is 50.3 Å². The average molecular weight is 938 g/mol. The van der Waals surface area contributed by atoms with E-state index in [9.17, 15) is 5.11 Å². The van der Waals surface area contributed by atoms with E-state index in [1.54, 1.807) is 12.1 Å². The molecule has 7 aromatic rings.